The number of thiocarbonyl (C=S) groups is 1. The van der Waals surface area contributed by atoms with Crippen molar-refractivity contribution in [3.05, 3.63) is 41.6 Å². The molecule has 0 aliphatic rings. The molecule has 1 unspecified atom stereocenters. The molecule has 0 bridgehead atoms. The Morgan fingerprint density at radius 1 is 1.45 bits per heavy atom. The van der Waals surface area contributed by atoms with Crippen LogP contribution in [0.1, 0.15) is 29.4 Å². The molecule has 2 rings (SSSR count). The van der Waals surface area contributed by atoms with E-state index < -0.39 is 0 Å². The zero-order valence-electron chi connectivity index (χ0n) is 11.5. The van der Waals surface area contributed by atoms with Crippen molar-refractivity contribution in [1.29, 1.82) is 0 Å². The van der Waals surface area contributed by atoms with Crippen molar-refractivity contribution in [2.75, 3.05) is 0 Å². The van der Waals surface area contributed by atoms with Crippen LogP contribution < -0.4 is 11.1 Å². The number of aromatic nitrogens is 1. The Labute approximate surface area is 123 Å². The van der Waals surface area contributed by atoms with Gasteiger partial charge in [-0.3, -0.25) is 9.78 Å². The normalized spacial score (nSPS) is 12.1. The van der Waals surface area contributed by atoms with Gasteiger partial charge in [0.25, 0.3) is 5.91 Å². The first-order valence-corrected chi connectivity index (χ1v) is 6.83. The van der Waals surface area contributed by atoms with Crippen LogP contribution in [0.3, 0.4) is 0 Å². The average Bonchev–Trinajstić information content (AvgIpc) is 2.36. The van der Waals surface area contributed by atoms with Crippen molar-refractivity contribution >= 4 is 34.0 Å². The number of fused-ring (bicyclic) bond motifs is 1. The Kier molecular flexibility index (Phi) is 4.29. The van der Waals surface area contributed by atoms with Gasteiger partial charge in [-0.25, -0.2) is 0 Å². The van der Waals surface area contributed by atoms with Gasteiger partial charge in [0, 0.05) is 23.5 Å². The molecule has 4 nitrogen and oxygen atoms in total. The van der Waals surface area contributed by atoms with Gasteiger partial charge in [0.1, 0.15) is 0 Å². The molecule has 1 atom stereocenters. The summed E-state index contributed by atoms with van der Waals surface area (Å²) in [6.07, 6.45) is 0.489. The summed E-state index contributed by atoms with van der Waals surface area (Å²) in [5.74, 6) is -0.129. The Balaban J connectivity index is 2.32. The molecule has 0 spiro atoms. The van der Waals surface area contributed by atoms with E-state index in [0.717, 1.165) is 16.6 Å². The summed E-state index contributed by atoms with van der Waals surface area (Å²) in [6.45, 7) is 3.76. The SMILES string of the molecule is Cc1cc(C(=O)NC(C)CC(N)=S)c2ccccc2n1. The zero-order valence-corrected chi connectivity index (χ0v) is 12.3. The summed E-state index contributed by atoms with van der Waals surface area (Å²) in [5, 5.41) is 3.76. The lowest BCUT2D eigenvalue weighted by Crippen LogP contribution is -2.35. The lowest BCUT2D eigenvalue weighted by atomic mass is 10.1. The summed E-state index contributed by atoms with van der Waals surface area (Å²) in [6, 6.07) is 9.31. The number of nitrogens with one attached hydrogen (secondary N) is 1. The first-order chi connectivity index (χ1) is 9.47. The number of hydrogen-bond donors (Lipinski definition) is 2. The maximum Gasteiger partial charge on any atom is 0.252 e. The number of pyridine rings is 1. The Morgan fingerprint density at radius 2 is 2.15 bits per heavy atom. The van der Waals surface area contributed by atoms with Crippen molar-refractivity contribution in [2.45, 2.75) is 26.3 Å². The third kappa shape index (κ3) is 3.30. The predicted molar refractivity (Wildman–Crippen MR) is 84.8 cm³/mol. The molecule has 0 aliphatic heterocycles. The van der Waals surface area contributed by atoms with Gasteiger partial charge in [0.05, 0.1) is 16.1 Å². The van der Waals surface area contributed by atoms with E-state index in [1.807, 2.05) is 38.1 Å². The standard InChI is InChI=1S/C15H17N3OS/c1-9-7-12(11-5-3-4-6-13(11)17-9)15(19)18-10(2)8-14(16)20/h3-7,10H,8H2,1-2H3,(H2,16,20)(H,18,19). The predicted octanol–water partition coefficient (Wildman–Crippen LogP) is 2.34. The van der Waals surface area contributed by atoms with Crippen LogP contribution in [-0.2, 0) is 0 Å². The quantitative estimate of drug-likeness (QED) is 0.847. The molecule has 0 saturated carbocycles. The molecule has 1 aromatic carbocycles. The van der Waals surface area contributed by atoms with E-state index in [2.05, 4.69) is 10.3 Å². The number of para-hydroxylation sites is 1. The monoisotopic (exact) mass is 287 g/mol. The lowest BCUT2D eigenvalue weighted by Gasteiger charge is -2.14. The van der Waals surface area contributed by atoms with Gasteiger partial charge in [-0.15, -0.1) is 0 Å². The van der Waals surface area contributed by atoms with Crippen LogP contribution in [0.2, 0.25) is 0 Å². The lowest BCUT2D eigenvalue weighted by molar-refractivity contribution is 0.0943. The molecule has 1 amide bonds. The van der Waals surface area contributed by atoms with E-state index in [9.17, 15) is 4.79 Å². The first kappa shape index (κ1) is 14.4. The number of carbonyl (C=O) groups is 1. The van der Waals surface area contributed by atoms with Crippen molar-refractivity contribution in [3.63, 3.8) is 0 Å². The summed E-state index contributed by atoms with van der Waals surface area (Å²) in [5.41, 5.74) is 7.75. The molecule has 0 aliphatic carbocycles. The molecule has 104 valence electrons. The number of rotatable bonds is 4. The highest BCUT2D eigenvalue weighted by Crippen LogP contribution is 2.18. The number of nitrogens with zero attached hydrogens (tertiary/aromatic N) is 1. The Morgan fingerprint density at radius 3 is 2.85 bits per heavy atom. The highest BCUT2D eigenvalue weighted by atomic mass is 32.1. The molecule has 0 radical (unpaired) electrons. The van der Waals surface area contributed by atoms with Crippen LogP contribution >= 0.6 is 12.2 Å². The maximum atomic E-state index is 12.4. The smallest absolute Gasteiger partial charge is 0.252 e. The summed E-state index contributed by atoms with van der Waals surface area (Å²) < 4.78 is 0. The minimum atomic E-state index is -0.129. The third-order valence-electron chi connectivity index (χ3n) is 2.97. The van der Waals surface area contributed by atoms with E-state index in [1.54, 1.807) is 6.07 Å². The van der Waals surface area contributed by atoms with Gasteiger partial charge in [-0.05, 0) is 26.0 Å². The van der Waals surface area contributed by atoms with Gasteiger partial charge < -0.3 is 11.1 Å². The van der Waals surface area contributed by atoms with E-state index in [-0.39, 0.29) is 11.9 Å². The van der Waals surface area contributed by atoms with Gasteiger partial charge in [-0.1, -0.05) is 30.4 Å². The molecule has 2 aromatic rings. The van der Waals surface area contributed by atoms with Crippen molar-refractivity contribution in [2.24, 2.45) is 5.73 Å². The van der Waals surface area contributed by atoms with Crippen LogP contribution in [0.5, 0.6) is 0 Å². The average molecular weight is 287 g/mol. The van der Waals surface area contributed by atoms with Gasteiger partial charge >= 0.3 is 0 Å². The molecular formula is C15H17N3OS. The second-order valence-electron chi connectivity index (χ2n) is 4.87. The summed E-state index contributed by atoms with van der Waals surface area (Å²) >= 11 is 4.86. The van der Waals surface area contributed by atoms with Crippen molar-refractivity contribution in [3.8, 4) is 0 Å². The van der Waals surface area contributed by atoms with Gasteiger partial charge in [0.15, 0.2) is 0 Å². The zero-order chi connectivity index (χ0) is 14.7. The van der Waals surface area contributed by atoms with Crippen LogP contribution in [0.15, 0.2) is 30.3 Å². The van der Waals surface area contributed by atoms with Gasteiger partial charge in [-0.2, -0.15) is 0 Å². The Hall–Kier alpha value is -2.01. The number of amides is 1. The third-order valence-corrected chi connectivity index (χ3v) is 3.14. The van der Waals surface area contributed by atoms with Crippen LogP contribution in [0.25, 0.3) is 10.9 Å². The van der Waals surface area contributed by atoms with Crippen LogP contribution in [0, 0.1) is 6.92 Å². The molecule has 1 aromatic heterocycles. The number of nitrogens with two attached hydrogens (primary N) is 1. The fourth-order valence-corrected chi connectivity index (χ4v) is 2.40. The van der Waals surface area contributed by atoms with Gasteiger partial charge in [0.2, 0.25) is 0 Å². The molecule has 0 saturated heterocycles. The topological polar surface area (TPSA) is 68.0 Å². The number of hydrogen-bond acceptors (Lipinski definition) is 3. The fourth-order valence-electron chi connectivity index (χ4n) is 2.15. The summed E-state index contributed by atoms with van der Waals surface area (Å²) in [7, 11) is 0. The molecule has 3 N–H and O–H groups in total. The molecular weight excluding hydrogens is 270 g/mol. The van der Waals surface area contributed by atoms with E-state index >= 15 is 0 Å². The van der Waals surface area contributed by atoms with Crippen molar-refractivity contribution < 1.29 is 4.79 Å². The minimum absolute atomic E-state index is 0.0905. The van der Waals surface area contributed by atoms with Crippen molar-refractivity contribution in [1.82, 2.24) is 10.3 Å². The number of aryl methyl sites for hydroxylation is 1. The molecule has 5 heteroatoms. The minimum Gasteiger partial charge on any atom is -0.393 e. The Bertz CT molecular complexity index is 669. The molecule has 1 heterocycles. The van der Waals surface area contributed by atoms with E-state index in [0.29, 0.717) is 17.0 Å². The van der Waals surface area contributed by atoms with Crippen LogP contribution in [0.4, 0.5) is 0 Å². The largest absolute Gasteiger partial charge is 0.393 e. The van der Waals surface area contributed by atoms with Crippen LogP contribution in [-0.4, -0.2) is 21.9 Å². The summed E-state index contributed by atoms with van der Waals surface area (Å²) in [4.78, 5) is 17.2. The second kappa shape index (κ2) is 5.96. The van der Waals surface area contributed by atoms with E-state index in [1.165, 1.54) is 0 Å². The maximum absolute atomic E-state index is 12.4. The fraction of sp³-hybridized carbons (Fsp3) is 0.267. The first-order valence-electron chi connectivity index (χ1n) is 6.43. The number of benzene rings is 1. The molecule has 0 fully saturated rings. The second-order valence-corrected chi connectivity index (χ2v) is 5.40. The highest BCUT2D eigenvalue weighted by Gasteiger charge is 2.14. The van der Waals surface area contributed by atoms with E-state index in [4.69, 9.17) is 18.0 Å². The molecule has 20 heavy (non-hydrogen) atoms. The highest BCUT2D eigenvalue weighted by molar-refractivity contribution is 7.80. The number of carbonyl (C=O) groups excluding carboxylic acids is 1.